The molecule has 39 heavy (non-hydrogen) atoms. The van der Waals surface area contributed by atoms with Crippen molar-refractivity contribution in [2.24, 2.45) is 0 Å². The minimum Gasteiger partial charge on any atom is -0.469 e. The Morgan fingerprint density at radius 2 is 1.85 bits per heavy atom. The second kappa shape index (κ2) is 9.98. The van der Waals surface area contributed by atoms with E-state index in [1.165, 1.54) is 7.11 Å². The first-order valence-corrected chi connectivity index (χ1v) is 12.6. The van der Waals surface area contributed by atoms with Crippen LogP contribution in [0.15, 0.2) is 89.5 Å². The first-order chi connectivity index (χ1) is 19.0. The lowest BCUT2D eigenvalue weighted by atomic mass is 9.99. The van der Waals surface area contributed by atoms with Crippen LogP contribution in [0, 0.1) is 0 Å². The summed E-state index contributed by atoms with van der Waals surface area (Å²) in [6.45, 7) is 0.600. The number of carbonyl (C=O) groups excluding carboxylic acids is 3. The third kappa shape index (κ3) is 4.57. The minimum absolute atomic E-state index is 0.0120. The van der Waals surface area contributed by atoms with Gasteiger partial charge < -0.3 is 24.7 Å². The highest BCUT2D eigenvalue weighted by Gasteiger charge is 2.30. The van der Waals surface area contributed by atoms with Crippen molar-refractivity contribution >= 4 is 46.1 Å². The minimum atomic E-state index is -0.472. The molecule has 0 radical (unpaired) electrons. The van der Waals surface area contributed by atoms with E-state index in [1.807, 2.05) is 48.5 Å². The maximum Gasteiger partial charge on any atom is 0.337 e. The molecule has 3 heterocycles. The van der Waals surface area contributed by atoms with Crippen LogP contribution in [0.25, 0.3) is 11.3 Å². The number of anilines is 3. The highest BCUT2D eigenvalue weighted by molar-refractivity contribution is 6.37. The van der Waals surface area contributed by atoms with Gasteiger partial charge in [0.15, 0.2) is 0 Å². The summed E-state index contributed by atoms with van der Waals surface area (Å²) < 4.78 is 10.2. The molecule has 0 atom stereocenters. The summed E-state index contributed by atoms with van der Waals surface area (Å²) in [5.74, 6) is -0.114. The Hall–Kier alpha value is -5.11. The maximum absolute atomic E-state index is 13.2. The smallest absolute Gasteiger partial charge is 0.337 e. The Balaban J connectivity index is 1.35. The van der Waals surface area contributed by atoms with Crippen molar-refractivity contribution in [1.82, 2.24) is 0 Å². The van der Waals surface area contributed by atoms with Crippen LogP contribution < -0.4 is 15.5 Å². The lowest BCUT2D eigenvalue weighted by Crippen LogP contribution is -2.30. The number of carbonyl (C=O) groups is 3. The van der Waals surface area contributed by atoms with Crippen molar-refractivity contribution in [3.05, 3.63) is 113 Å². The van der Waals surface area contributed by atoms with Crippen LogP contribution in [0.1, 0.15) is 32.8 Å². The number of esters is 1. The van der Waals surface area contributed by atoms with Gasteiger partial charge >= 0.3 is 5.97 Å². The van der Waals surface area contributed by atoms with E-state index in [-0.39, 0.29) is 18.2 Å². The van der Waals surface area contributed by atoms with E-state index >= 15 is 0 Å². The molecular weight excluding hydrogens is 494 g/mol. The summed E-state index contributed by atoms with van der Waals surface area (Å²) in [4.78, 5) is 40.0. The van der Waals surface area contributed by atoms with Gasteiger partial charge in [0.2, 0.25) is 5.91 Å². The molecule has 4 aromatic rings. The molecule has 0 unspecified atom stereocenters. The lowest BCUT2D eigenvalue weighted by molar-refractivity contribution is -0.118. The largest absolute Gasteiger partial charge is 0.469 e. The second-order valence-electron chi connectivity index (χ2n) is 9.34. The first kappa shape index (κ1) is 24.2. The fourth-order valence-corrected chi connectivity index (χ4v) is 5.09. The summed E-state index contributed by atoms with van der Waals surface area (Å²) in [7, 11) is 1.32. The summed E-state index contributed by atoms with van der Waals surface area (Å²) in [6, 6.07) is 24.1. The summed E-state index contributed by atoms with van der Waals surface area (Å²) in [6.07, 6.45) is 2.51. The molecule has 2 N–H and O–H groups in total. The van der Waals surface area contributed by atoms with Gasteiger partial charge in [0, 0.05) is 23.5 Å². The fraction of sp³-hybridized carbons (Fsp3) is 0.129. The molecule has 0 saturated heterocycles. The van der Waals surface area contributed by atoms with Gasteiger partial charge in [-0.15, -0.1) is 0 Å². The van der Waals surface area contributed by atoms with Crippen LogP contribution in [0.2, 0.25) is 0 Å². The Morgan fingerprint density at radius 3 is 2.62 bits per heavy atom. The SMILES string of the molecule is COC(=O)c1ccc2c(c1)NC(=O)/C2=C(\Nc1ccc2c(c1)CCN2C(=O)Cc1ccco1)c1ccccc1. The third-order valence-corrected chi connectivity index (χ3v) is 6.95. The Morgan fingerprint density at radius 1 is 1.00 bits per heavy atom. The van der Waals surface area contributed by atoms with E-state index in [9.17, 15) is 14.4 Å². The zero-order chi connectivity index (χ0) is 26.9. The summed E-state index contributed by atoms with van der Waals surface area (Å²) in [5.41, 5.74) is 6.27. The quantitative estimate of drug-likeness (QED) is 0.271. The number of hydrogen-bond acceptors (Lipinski definition) is 6. The number of nitrogens with zero attached hydrogens (tertiary/aromatic N) is 1. The van der Waals surface area contributed by atoms with E-state index in [1.54, 1.807) is 41.5 Å². The van der Waals surface area contributed by atoms with Crippen molar-refractivity contribution in [2.45, 2.75) is 12.8 Å². The fourth-order valence-electron chi connectivity index (χ4n) is 5.09. The molecule has 8 heteroatoms. The molecule has 0 spiro atoms. The number of amides is 2. The average Bonchev–Trinajstić information content (AvgIpc) is 3.69. The monoisotopic (exact) mass is 519 g/mol. The molecule has 6 rings (SSSR count). The van der Waals surface area contributed by atoms with Gasteiger partial charge in [0.1, 0.15) is 5.76 Å². The van der Waals surface area contributed by atoms with Gasteiger partial charge in [-0.3, -0.25) is 9.59 Å². The zero-order valence-corrected chi connectivity index (χ0v) is 21.2. The molecule has 0 bridgehead atoms. The molecule has 0 aliphatic carbocycles. The number of fused-ring (bicyclic) bond motifs is 2. The lowest BCUT2D eigenvalue weighted by Gasteiger charge is -2.18. The number of hydrogen-bond donors (Lipinski definition) is 2. The highest BCUT2D eigenvalue weighted by Crippen LogP contribution is 2.39. The predicted octanol–water partition coefficient (Wildman–Crippen LogP) is 5.13. The first-order valence-electron chi connectivity index (χ1n) is 12.6. The predicted molar refractivity (Wildman–Crippen MR) is 148 cm³/mol. The van der Waals surface area contributed by atoms with Gasteiger partial charge in [-0.25, -0.2) is 4.79 Å². The molecule has 2 amide bonds. The van der Waals surface area contributed by atoms with Crippen LogP contribution in [0.4, 0.5) is 17.1 Å². The van der Waals surface area contributed by atoms with Crippen molar-refractivity contribution in [3.63, 3.8) is 0 Å². The van der Waals surface area contributed by atoms with Crippen molar-refractivity contribution < 1.29 is 23.5 Å². The van der Waals surface area contributed by atoms with E-state index in [4.69, 9.17) is 9.15 Å². The van der Waals surface area contributed by atoms with Gasteiger partial charge in [-0.05, 0) is 60.0 Å². The van der Waals surface area contributed by atoms with Gasteiger partial charge in [0.25, 0.3) is 5.91 Å². The summed E-state index contributed by atoms with van der Waals surface area (Å²) in [5, 5.41) is 6.36. The molecule has 3 aromatic carbocycles. The Labute approximate surface area is 224 Å². The van der Waals surface area contributed by atoms with Crippen LogP contribution in [0.5, 0.6) is 0 Å². The Bertz CT molecular complexity index is 1620. The number of rotatable bonds is 6. The van der Waals surface area contributed by atoms with Crippen molar-refractivity contribution in [2.75, 3.05) is 29.2 Å². The number of methoxy groups -OCH3 is 1. The molecule has 1 aromatic heterocycles. The van der Waals surface area contributed by atoms with Crippen LogP contribution in [-0.2, 0) is 27.2 Å². The zero-order valence-electron chi connectivity index (χ0n) is 21.2. The van der Waals surface area contributed by atoms with E-state index in [0.717, 1.165) is 28.9 Å². The van der Waals surface area contributed by atoms with Crippen LogP contribution >= 0.6 is 0 Å². The maximum atomic E-state index is 13.2. The number of benzene rings is 3. The molecule has 2 aliphatic heterocycles. The van der Waals surface area contributed by atoms with Crippen LogP contribution in [0.3, 0.4) is 0 Å². The molecule has 0 saturated carbocycles. The molecule has 0 fully saturated rings. The molecule has 8 nitrogen and oxygen atoms in total. The average molecular weight is 520 g/mol. The van der Waals surface area contributed by atoms with E-state index < -0.39 is 5.97 Å². The highest BCUT2D eigenvalue weighted by atomic mass is 16.5. The molecule has 2 aliphatic rings. The summed E-state index contributed by atoms with van der Waals surface area (Å²) >= 11 is 0. The number of furan rings is 1. The molecule has 194 valence electrons. The number of nitrogens with one attached hydrogen (secondary N) is 2. The molecular formula is C31H25N3O5. The van der Waals surface area contributed by atoms with Gasteiger partial charge in [-0.1, -0.05) is 36.4 Å². The van der Waals surface area contributed by atoms with Gasteiger partial charge in [0.05, 0.1) is 42.3 Å². The standard InChI is InChI=1S/C31H25N3O5/c1-38-31(37)21-9-11-24-25(17-21)33-30(36)28(24)29(19-6-3-2-4-7-19)32-22-10-12-26-20(16-22)13-14-34(26)27(35)18-23-8-5-15-39-23/h2-12,15-17,32H,13-14,18H2,1H3,(H,33,36)/b29-28-. The topological polar surface area (TPSA) is 101 Å². The number of ether oxygens (including phenoxy) is 1. The normalized spacial score (nSPS) is 14.9. The van der Waals surface area contributed by atoms with Crippen LogP contribution in [-0.4, -0.2) is 31.4 Å². The van der Waals surface area contributed by atoms with Gasteiger partial charge in [-0.2, -0.15) is 0 Å². The van der Waals surface area contributed by atoms with E-state index in [0.29, 0.717) is 40.4 Å². The van der Waals surface area contributed by atoms with Crippen molar-refractivity contribution in [1.29, 1.82) is 0 Å². The third-order valence-electron chi connectivity index (χ3n) is 6.95. The van der Waals surface area contributed by atoms with Crippen molar-refractivity contribution in [3.8, 4) is 0 Å². The Kier molecular flexibility index (Phi) is 6.20. The second-order valence-corrected chi connectivity index (χ2v) is 9.34. The van der Waals surface area contributed by atoms with E-state index in [2.05, 4.69) is 10.6 Å².